The van der Waals surface area contributed by atoms with Gasteiger partial charge in [0, 0.05) is 15.2 Å². The van der Waals surface area contributed by atoms with Crippen molar-refractivity contribution in [1.82, 2.24) is 4.98 Å². The molecule has 0 bridgehead atoms. The van der Waals surface area contributed by atoms with Crippen LogP contribution in [0, 0.1) is 0 Å². The Bertz CT molecular complexity index is 530. The standard InChI is InChI=1S/C10H6BrCl2NO/c1-15-8-3-5(11)2-7-6(8)4-9(12)14-10(7)13/h2-4H,1H3. The lowest BCUT2D eigenvalue weighted by molar-refractivity contribution is 0.419. The number of fused-ring (bicyclic) bond motifs is 1. The lowest BCUT2D eigenvalue weighted by Gasteiger charge is -2.07. The monoisotopic (exact) mass is 305 g/mol. The fourth-order valence-electron chi connectivity index (χ4n) is 1.39. The molecular weight excluding hydrogens is 301 g/mol. The van der Waals surface area contributed by atoms with Gasteiger partial charge in [0.05, 0.1) is 7.11 Å². The Morgan fingerprint density at radius 2 is 1.93 bits per heavy atom. The van der Waals surface area contributed by atoms with Crippen molar-refractivity contribution in [3.05, 3.63) is 33.0 Å². The quantitative estimate of drug-likeness (QED) is 0.732. The van der Waals surface area contributed by atoms with Crippen molar-refractivity contribution in [1.29, 1.82) is 0 Å². The van der Waals surface area contributed by atoms with E-state index in [1.165, 1.54) is 0 Å². The summed E-state index contributed by atoms with van der Waals surface area (Å²) in [6.07, 6.45) is 0. The maximum Gasteiger partial charge on any atom is 0.138 e. The Morgan fingerprint density at radius 1 is 1.20 bits per heavy atom. The van der Waals surface area contributed by atoms with Crippen LogP contribution in [0.25, 0.3) is 10.8 Å². The van der Waals surface area contributed by atoms with Crippen LogP contribution in [-0.2, 0) is 0 Å². The highest BCUT2D eigenvalue weighted by molar-refractivity contribution is 9.10. The van der Waals surface area contributed by atoms with Gasteiger partial charge in [0.1, 0.15) is 16.1 Å². The highest BCUT2D eigenvalue weighted by atomic mass is 79.9. The highest BCUT2D eigenvalue weighted by Crippen LogP contribution is 2.34. The number of ether oxygens (including phenoxy) is 1. The van der Waals surface area contributed by atoms with Gasteiger partial charge in [0.2, 0.25) is 0 Å². The summed E-state index contributed by atoms with van der Waals surface area (Å²) in [5.74, 6) is 0.713. The van der Waals surface area contributed by atoms with Gasteiger partial charge in [-0.3, -0.25) is 0 Å². The van der Waals surface area contributed by atoms with Crippen LogP contribution in [0.15, 0.2) is 22.7 Å². The van der Waals surface area contributed by atoms with E-state index in [-0.39, 0.29) is 0 Å². The van der Waals surface area contributed by atoms with Crippen molar-refractivity contribution in [2.24, 2.45) is 0 Å². The van der Waals surface area contributed by atoms with Gasteiger partial charge >= 0.3 is 0 Å². The molecule has 1 aromatic heterocycles. The van der Waals surface area contributed by atoms with Crippen molar-refractivity contribution in [2.45, 2.75) is 0 Å². The number of pyridine rings is 1. The molecule has 0 saturated carbocycles. The predicted octanol–water partition coefficient (Wildman–Crippen LogP) is 4.31. The SMILES string of the molecule is COc1cc(Br)cc2c(Cl)nc(Cl)cc12. The summed E-state index contributed by atoms with van der Waals surface area (Å²) < 4.78 is 6.13. The van der Waals surface area contributed by atoms with Crippen LogP contribution in [0.2, 0.25) is 10.3 Å². The van der Waals surface area contributed by atoms with Crippen LogP contribution in [-0.4, -0.2) is 12.1 Å². The zero-order valence-corrected chi connectivity index (χ0v) is 10.8. The maximum absolute atomic E-state index is 5.99. The predicted molar refractivity (Wildman–Crippen MR) is 66.0 cm³/mol. The molecule has 5 heteroatoms. The summed E-state index contributed by atoms with van der Waals surface area (Å²) in [7, 11) is 1.60. The number of methoxy groups -OCH3 is 1. The van der Waals surface area contributed by atoms with Crippen molar-refractivity contribution in [2.75, 3.05) is 7.11 Å². The molecule has 0 amide bonds. The van der Waals surface area contributed by atoms with E-state index in [2.05, 4.69) is 20.9 Å². The molecule has 78 valence electrons. The number of nitrogens with zero attached hydrogens (tertiary/aromatic N) is 1. The summed E-state index contributed by atoms with van der Waals surface area (Å²) in [4.78, 5) is 3.97. The van der Waals surface area contributed by atoms with Gasteiger partial charge < -0.3 is 4.74 Å². The summed E-state index contributed by atoms with van der Waals surface area (Å²) in [5, 5.41) is 2.39. The van der Waals surface area contributed by atoms with E-state index in [9.17, 15) is 0 Å². The van der Waals surface area contributed by atoms with Gasteiger partial charge in [-0.2, -0.15) is 0 Å². The van der Waals surface area contributed by atoms with E-state index in [1.807, 2.05) is 12.1 Å². The van der Waals surface area contributed by atoms with Crippen molar-refractivity contribution >= 4 is 49.9 Å². The first kappa shape index (κ1) is 11.0. The molecule has 15 heavy (non-hydrogen) atoms. The third-order valence-corrected chi connectivity index (χ3v) is 2.96. The van der Waals surface area contributed by atoms with E-state index in [4.69, 9.17) is 27.9 Å². The molecule has 0 radical (unpaired) electrons. The first-order valence-electron chi connectivity index (χ1n) is 4.11. The number of benzene rings is 1. The normalized spacial score (nSPS) is 10.7. The highest BCUT2D eigenvalue weighted by Gasteiger charge is 2.09. The van der Waals surface area contributed by atoms with Gasteiger partial charge in [-0.1, -0.05) is 39.1 Å². The third-order valence-electron chi connectivity index (χ3n) is 2.02. The van der Waals surface area contributed by atoms with Gasteiger partial charge in [-0.25, -0.2) is 4.98 Å². The third kappa shape index (κ3) is 2.05. The average Bonchev–Trinajstić information content (AvgIpc) is 2.18. The van der Waals surface area contributed by atoms with E-state index in [0.717, 1.165) is 15.2 Å². The largest absolute Gasteiger partial charge is 0.496 e. The molecule has 0 spiro atoms. The molecule has 0 atom stereocenters. The molecule has 1 heterocycles. The molecule has 0 fully saturated rings. The Hall–Kier alpha value is -0.510. The second-order valence-electron chi connectivity index (χ2n) is 2.94. The molecular formula is C10H6BrCl2NO. The molecule has 1 aromatic carbocycles. The minimum atomic E-state index is 0.355. The number of halogens is 3. The first-order chi connectivity index (χ1) is 7.11. The summed E-state index contributed by atoms with van der Waals surface area (Å²) in [6, 6.07) is 5.46. The fourth-order valence-corrected chi connectivity index (χ4v) is 2.31. The average molecular weight is 307 g/mol. The van der Waals surface area contributed by atoms with Crippen LogP contribution in [0.1, 0.15) is 0 Å². The Labute approximate surface area is 105 Å². The van der Waals surface area contributed by atoms with E-state index in [1.54, 1.807) is 13.2 Å². The second-order valence-corrected chi connectivity index (χ2v) is 4.60. The summed E-state index contributed by atoms with van der Waals surface area (Å²) >= 11 is 15.2. The van der Waals surface area contributed by atoms with Crippen LogP contribution >= 0.6 is 39.1 Å². The van der Waals surface area contributed by atoms with Gasteiger partial charge in [-0.05, 0) is 18.2 Å². The van der Waals surface area contributed by atoms with E-state index < -0.39 is 0 Å². The Balaban J connectivity index is 2.89. The first-order valence-corrected chi connectivity index (χ1v) is 5.66. The minimum absolute atomic E-state index is 0.355. The Kier molecular flexibility index (Phi) is 3.05. The summed E-state index contributed by atoms with van der Waals surface area (Å²) in [5.41, 5.74) is 0. The van der Waals surface area contributed by atoms with Crippen molar-refractivity contribution < 1.29 is 4.74 Å². The molecule has 0 aliphatic heterocycles. The topological polar surface area (TPSA) is 22.1 Å². The molecule has 0 aliphatic carbocycles. The minimum Gasteiger partial charge on any atom is -0.496 e. The second kappa shape index (κ2) is 4.16. The number of hydrogen-bond donors (Lipinski definition) is 0. The van der Waals surface area contributed by atoms with Crippen LogP contribution in [0.4, 0.5) is 0 Å². The number of aromatic nitrogens is 1. The number of rotatable bonds is 1. The molecule has 2 nitrogen and oxygen atoms in total. The van der Waals surface area contributed by atoms with Crippen LogP contribution in [0.5, 0.6) is 5.75 Å². The zero-order valence-electron chi connectivity index (χ0n) is 7.72. The van der Waals surface area contributed by atoms with Gasteiger partial charge in [0.15, 0.2) is 0 Å². The molecule has 0 aliphatic rings. The van der Waals surface area contributed by atoms with Crippen molar-refractivity contribution in [3.63, 3.8) is 0 Å². The maximum atomic E-state index is 5.99. The van der Waals surface area contributed by atoms with Crippen LogP contribution < -0.4 is 4.74 Å². The van der Waals surface area contributed by atoms with E-state index in [0.29, 0.717) is 16.1 Å². The fraction of sp³-hybridized carbons (Fsp3) is 0.100. The Morgan fingerprint density at radius 3 is 2.60 bits per heavy atom. The van der Waals surface area contributed by atoms with Crippen molar-refractivity contribution in [3.8, 4) is 5.75 Å². The van der Waals surface area contributed by atoms with Crippen LogP contribution in [0.3, 0.4) is 0 Å². The lowest BCUT2D eigenvalue weighted by atomic mass is 10.1. The molecule has 2 rings (SSSR count). The van der Waals surface area contributed by atoms with Gasteiger partial charge in [0.25, 0.3) is 0 Å². The van der Waals surface area contributed by atoms with Gasteiger partial charge in [-0.15, -0.1) is 0 Å². The molecule has 0 unspecified atom stereocenters. The molecule has 2 aromatic rings. The number of hydrogen-bond acceptors (Lipinski definition) is 2. The smallest absolute Gasteiger partial charge is 0.138 e. The summed E-state index contributed by atoms with van der Waals surface area (Å²) in [6.45, 7) is 0. The van der Waals surface area contributed by atoms with E-state index >= 15 is 0 Å². The molecule has 0 N–H and O–H groups in total. The zero-order chi connectivity index (χ0) is 11.0. The molecule has 0 saturated heterocycles. The lowest BCUT2D eigenvalue weighted by Crippen LogP contribution is -1.88.